The van der Waals surface area contributed by atoms with E-state index in [0.29, 0.717) is 29.4 Å². The van der Waals surface area contributed by atoms with Crippen LogP contribution in [0.15, 0.2) is 71.8 Å². The molecular formula is C24H20FN3O5. The average molecular weight is 449 g/mol. The lowest BCUT2D eigenvalue weighted by Gasteiger charge is -2.06. The van der Waals surface area contributed by atoms with E-state index in [1.54, 1.807) is 54.6 Å². The number of hydrogen-bond acceptors (Lipinski definition) is 6. The first-order chi connectivity index (χ1) is 16.1. The van der Waals surface area contributed by atoms with Crippen molar-refractivity contribution < 1.29 is 28.2 Å². The molecule has 33 heavy (non-hydrogen) atoms. The minimum atomic E-state index is -0.473. The number of rotatable bonds is 8. The van der Waals surface area contributed by atoms with E-state index in [2.05, 4.69) is 15.8 Å². The Morgan fingerprint density at radius 1 is 1.00 bits per heavy atom. The van der Waals surface area contributed by atoms with Crippen LogP contribution in [0.5, 0.6) is 17.2 Å². The van der Waals surface area contributed by atoms with E-state index in [4.69, 9.17) is 14.2 Å². The molecule has 0 aliphatic carbocycles. The van der Waals surface area contributed by atoms with Gasteiger partial charge in [-0.15, -0.1) is 0 Å². The number of hydrazone groups is 1. The number of carbonyl (C=O) groups excluding carboxylic acids is 2. The first-order valence-corrected chi connectivity index (χ1v) is 10.0. The Balaban J connectivity index is 1.19. The van der Waals surface area contributed by atoms with Crippen LogP contribution in [-0.4, -0.2) is 31.4 Å². The summed E-state index contributed by atoms with van der Waals surface area (Å²) in [4.78, 5) is 24.1. The van der Waals surface area contributed by atoms with Crippen molar-refractivity contribution in [2.45, 2.75) is 6.61 Å². The number of benzene rings is 3. The van der Waals surface area contributed by atoms with Crippen molar-refractivity contribution in [2.24, 2.45) is 5.10 Å². The second kappa shape index (κ2) is 10.3. The molecule has 1 heterocycles. The first kappa shape index (κ1) is 21.8. The van der Waals surface area contributed by atoms with Crippen molar-refractivity contribution >= 4 is 18.0 Å². The summed E-state index contributed by atoms with van der Waals surface area (Å²) in [6.45, 7) is 0.203. The van der Waals surface area contributed by atoms with E-state index in [1.807, 2.05) is 0 Å². The van der Waals surface area contributed by atoms with Gasteiger partial charge in [-0.1, -0.05) is 12.1 Å². The molecule has 0 saturated carbocycles. The van der Waals surface area contributed by atoms with Gasteiger partial charge in [0.05, 0.1) is 12.8 Å². The van der Waals surface area contributed by atoms with Crippen LogP contribution in [0.4, 0.5) is 4.39 Å². The molecule has 0 saturated heterocycles. The minimum absolute atomic E-state index is 0.118. The summed E-state index contributed by atoms with van der Waals surface area (Å²) < 4.78 is 29.0. The van der Waals surface area contributed by atoms with Gasteiger partial charge in [0.2, 0.25) is 6.79 Å². The molecule has 2 N–H and O–H groups in total. The highest BCUT2D eigenvalue weighted by Gasteiger charge is 2.16. The molecule has 8 nitrogen and oxygen atoms in total. The van der Waals surface area contributed by atoms with Crippen molar-refractivity contribution in [3.05, 3.63) is 89.2 Å². The number of hydrogen-bond donors (Lipinski definition) is 2. The maximum absolute atomic E-state index is 12.9. The lowest BCUT2D eigenvalue weighted by Crippen LogP contribution is -2.34. The Kier molecular flexibility index (Phi) is 6.79. The third-order valence-corrected chi connectivity index (χ3v) is 4.65. The smallest absolute Gasteiger partial charge is 0.259 e. The summed E-state index contributed by atoms with van der Waals surface area (Å²) in [7, 11) is 0. The van der Waals surface area contributed by atoms with Gasteiger partial charge in [0.15, 0.2) is 11.5 Å². The van der Waals surface area contributed by atoms with Crippen LogP contribution in [0.3, 0.4) is 0 Å². The lowest BCUT2D eigenvalue weighted by atomic mass is 10.2. The van der Waals surface area contributed by atoms with Gasteiger partial charge in [0, 0.05) is 5.56 Å². The topological polar surface area (TPSA) is 98.3 Å². The molecular weight excluding hydrogens is 429 g/mol. The van der Waals surface area contributed by atoms with Crippen LogP contribution in [-0.2, 0) is 11.4 Å². The van der Waals surface area contributed by atoms with Crippen molar-refractivity contribution in [1.82, 2.24) is 10.7 Å². The molecule has 0 radical (unpaired) electrons. The van der Waals surface area contributed by atoms with Crippen LogP contribution < -0.4 is 25.0 Å². The van der Waals surface area contributed by atoms with Crippen molar-refractivity contribution in [3.8, 4) is 17.2 Å². The Hall–Kier alpha value is -4.40. The highest BCUT2D eigenvalue weighted by atomic mass is 19.1. The van der Waals surface area contributed by atoms with Gasteiger partial charge in [0.25, 0.3) is 11.8 Å². The molecule has 2 amide bonds. The summed E-state index contributed by atoms with van der Waals surface area (Å²) in [5, 5.41) is 6.40. The van der Waals surface area contributed by atoms with Crippen LogP contribution in [0.1, 0.15) is 21.5 Å². The number of fused-ring (bicyclic) bond motifs is 1. The Morgan fingerprint density at radius 3 is 2.55 bits per heavy atom. The molecule has 3 aromatic carbocycles. The number of nitrogens with one attached hydrogen (secondary N) is 2. The third kappa shape index (κ3) is 6.07. The predicted molar refractivity (Wildman–Crippen MR) is 118 cm³/mol. The van der Waals surface area contributed by atoms with Gasteiger partial charge >= 0.3 is 0 Å². The van der Waals surface area contributed by atoms with Crippen molar-refractivity contribution in [2.75, 3.05) is 13.3 Å². The molecule has 0 fully saturated rings. The van der Waals surface area contributed by atoms with E-state index in [1.165, 1.54) is 18.3 Å². The molecule has 0 atom stereocenters. The zero-order chi connectivity index (χ0) is 23.0. The van der Waals surface area contributed by atoms with E-state index in [9.17, 15) is 14.0 Å². The summed E-state index contributed by atoms with van der Waals surface area (Å²) >= 11 is 0. The molecule has 0 bridgehead atoms. The van der Waals surface area contributed by atoms with Gasteiger partial charge in [-0.25, -0.2) is 9.82 Å². The standard InChI is InChI=1S/C24H20FN3O5/c25-19-6-1-17(2-7-19)14-31-20-8-3-16(4-9-20)12-27-28-23(29)13-26-24(30)18-5-10-21-22(11-18)33-15-32-21/h1-12H,13-15H2,(H,26,30)(H,28,29)/b27-12+. The van der Waals surface area contributed by atoms with Gasteiger partial charge in [-0.2, -0.15) is 5.10 Å². The highest BCUT2D eigenvalue weighted by Crippen LogP contribution is 2.32. The van der Waals surface area contributed by atoms with Crippen LogP contribution >= 0.6 is 0 Å². The molecule has 168 valence electrons. The second-order valence-electron chi connectivity index (χ2n) is 7.03. The number of amides is 2. The summed E-state index contributed by atoms with van der Waals surface area (Å²) in [5.74, 6) is 0.534. The molecule has 1 aliphatic rings. The predicted octanol–water partition coefficient (Wildman–Crippen LogP) is 3.01. The molecule has 3 aromatic rings. The molecule has 0 spiro atoms. The quantitative estimate of drug-likeness (QED) is 0.407. The number of halogens is 1. The molecule has 0 unspecified atom stereocenters. The van der Waals surface area contributed by atoms with E-state index >= 15 is 0 Å². The first-order valence-electron chi connectivity index (χ1n) is 10.0. The van der Waals surface area contributed by atoms with E-state index < -0.39 is 11.8 Å². The molecule has 4 rings (SSSR count). The Bertz CT molecular complexity index is 1160. The summed E-state index contributed by atoms with van der Waals surface area (Å²) in [5.41, 5.74) is 4.31. The SMILES string of the molecule is O=C(CNC(=O)c1ccc2c(c1)OCO2)N/N=C/c1ccc(OCc2ccc(F)cc2)cc1. The lowest BCUT2D eigenvalue weighted by molar-refractivity contribution is -0.120. The minimum Gasteiger partial charge on any atom is -0.489 e. The molecule has 9 heteroatoms. The fourth-order valence-electron chi connectivity index (χ4n) is 2.92. The Labute approximate surface area is 189 Å². The maximum atomic E-state index is 12.9. The second-order valence-corrected chi connectivity index (χ2v) is 7.03. The number of ether oxygens (including phenoxy) is 3. The van der Waals surface area contributed by atoms with Gasteiger partial charge in [-0.3, -0.25) is 9.59 Å². The van der Waals surface area contributed by atoms with E-state index in [-0.39, 0.29) is 19.2 Å². The van der Waals surface area contributed by atoms with Crippen LogP contribution in [0.25, 0.3) is 0 Å². The molecule has 0 aromatic heterocycles. The summed E-state index contributed by atoms with van der Waals surface area (Å²) in [6.07, 6.45) is 1.47. The zero-order valence-corrected chi connectivity index (χ0v) is 17.4. The fourth-order valence-corrected chi connectivity index (χ4v) is 2.92. The monoisotopic (exact) mass is 449 g/mol. The fraction of sp³-hybridized carbons (Fsp3) is 0.125. The van der Waals surface area contributed by atoms with Crippen LogP contribution in [0, 0.1) is 5.82 Å². The highest BCUT2D eigenvalue weighted by molar-refractivity contribution is 5.97. The third-order valence-electron chi connectivity index (χ3n) is 4.65. The van der Waals surface area contributed by atoms with Crippen LogP contribution in [0.2, 0.25) is 0 Å². The summed E-state index contributed by atoms with van der Waals surface area (Å²) in [6, 6.07) is 18.0. The zero-order valence-electron chi connectivity index (χ0n) is 17.4. The van der Waals surface area contributed by atoms with E-state index in [0.717, 1.165) is 11.1 Å². The largest absolute Gasteiger partial charge is 0.489 e. The van der Waals surface area contributed by atoms with Gasteiger partial charge < -0.3 is 19.5 Å². The van der Waals surface area contributed by atoms with Crippen molar-refractivity contribution in [3.63, 3.8) is 0 Å². The molecule has 1 aliphatic heterocycles. The average Bonchev–Trinajstić information content (AvgIpc) is 3.31. The van der Waals surface area contributed by atoms with Gasteiger partial charge in [0.1, 0.15) is 18.2 Å². The number of carbonyl (C=O) groups is 2. The van der Waals surface area contributed by atoms with Crippen molar-refractivity contribution in [1.29, 1.82) is 0 Å². The normalized spacial score (nSPS) is 11.9. The van der Waals surface area contributed by atoms with Gasteiger partial charge in [-0.05, 0) is 65.7 Å². The number of nitrogens with zero attached hydrogens (tertiary/aromatic N) is 1. The Morgan fingerprint density at radius 2 is 1.76 bits per heavy atom. The maximum Gasteiger partial charge on any atom is 0.259 e.